The second kappa shape index (κ2) is 9.43. The van der Waals surface area contributed by atoms with Gasteiger partial charge in [-0.1, -0.05) is 11.3 Å². The molecule has 0 radical (unpaired) electrons. The number of halogens is 1. The molecule has 168 valence electrons. The number of methoxy groups -OCH3 is 1. The van der Waals surface area contributed by atoms with Crippen molar-refractivity contribution in [2.75, 3.05) is 37.0 Å². The van der Waals surface area contributed by atoms with Gasteiger partial charge in [-0.25, -0.2) is 24.1 Å². The minimum atomic E-state index is -0.416. The number of thiazole rings is 1. The van der Waals surface area contributed by atoms with Crippen molar-refractivity contribution in [2.24, 2.45) is 5.92 Å². The monoisotopic (exact) mass is 458 g/mol. The van der Waals surface area contributed by atoms with Gasteiger partial charge >= 0.3 is 12.0 Å². The van der Waals surface area contributed by atoms with Gasteiger partial charge in [-0.2, -0.15) is 0 Å². The molecule has 2 N–H and O–H groups in total. The van der Waals surface area contributed by atoms with Crippen LogP contribution in [0, 0.1) is 11.7 Å². The molecule has 2 amide bonds. The van der Waals surface area contributed by atoms with E-state index in [-0.39, 0.29) is 17.9 Å². The van der Waals surface area contributed by atoms with E-state index in [0.717, 1.165) is 0 Å². The van der Waals surface area contributed by atoms with Crippen LogP contribution >= 0.6 is 11.3 Å². The number of fused-ring (bicyclic) bond motifs is 1. The van der Waals surface area contributed by atoms with Crippen molar-refractivity contribution in [1.82, 2.24) is 20.3 Å². The molecule has 0 unspecified atom stereocenters. The van der Waals surface area contributed by atoms with E-state index in [2.05, 4.69) is 25.6 Å². The molecule has 1 saturated heterocycles. The first kappa shape index (κ1) is 21.9. The smallest absolute Gasteiger partial charge is 0.321 e. The summed E-state index contributed by atoms with van der Waals surface area (Å²) in [6.45, 7) is 3.62. The largest absolute Gasteiger partial charge is 0.469 e. The number of carbonyl (C=O) groups excluding carboxylic acids is 2. The van der Waals surface area contributed by atoms with Crippen LogP contribution in [0.1, 0.15) is 19.8 Å². The number of urea groups is 1. The van der Waals surface area contributed by atoms with Gasteiger partial charge in [0.2, 0.25) is 5.95 Å². The van der Waals surface area contributed by atoms with Gasteiger partial charge in [0, 0.05) is 43.2 Å². The van der Waals surface area contributed by atoms with Crippen LogP contribution < -0.4 is 15.5 Å². The van der Waals surface area contributed by atoms with E-state index in [1.54, 1.807) is 18.5 Å². The van der Waals surface area contributed by atoms with E-state index in [1.807, 2.05) is 11.8 Å². The van der Waals surface area contributed by atoms with Gasteiger partial charge in [0.15, 0.2) is 5.13 Å². The average molecular weight is 459 g/mol. The van der Waals surface area contributed by atoms with Crippen LogP contribution in [0.25, 0.3) is 21.3 Å². The van der Waals surface area contributed by atoms with Crippen molar-refractivity contribution < 1.29 is 18.7 Å². The van der Waals surface area contributed by atoms with E-state index in [1.165, 1.54) is 24.5 Å². The van der Waals surface area contributed by atoms with Crippen molar-refractivity contribution >= 4 is 44.6 Å². The summed E-state index contributed by atoms with van der Waals surface area (Å²) in [5, 5.41) is 5.67. The standard InChI is InChI=1S/C21H23FN6O3S/c1-3-23-20(30)27-21-26-16-8-14(15(22)9-17(16)32-21)13-10-24-19(25-11-13)28-6-4-12(5-7-28)18(29)31-2/h8-12H,3-7H2,1-2H3,(H2,23,26,27,30). The maximum absolute atomic E-state index is 14.8. The van der Waals surface area contributed by atoms with Crippen molar-refractivity contribution in [2.45, 2.75) is 19.8 Å². The van der Waals surface area contributed by atoms with E-state index < -0.39 is 5.82 Å². The zero-order valence-electron chi connectivity index (χ0n) is 17.7. The van der Waals surface area contributed by atoms with Crippen molar-refractivity contribution in [3.8, 4) is 11.1 Å². The average Bonchev–Trinajstić information content (AvgIpc) is 3.19. The Balaban J connectivity index is 1.50. The molecule has 1 aliphatic rings. The number of aromatic nitrogens is 3. The number of piperidine rings is 1. The molecule has 1 fully saturated rings. The first-order valence-electron chi connectivity index (χ1n) is 10.3. The van der Waals surface area contributed by atoms with Gasteiger partial charge in [0.25, 0.3) is 0 Å². The van der Waals surface area contributed by atoms with Crippen LogP contribution in [-0.4, -0.2) is 53.7 Å². The Morgan fingerprint density at radius 1 is 1.25 bits per heavy atom. The second-order valence-electron chi connectivity index (χ2n) is 7.36. The lowest BCUT2D eigenvalue weighted by Gasteiger charge is -2.30. The number of amides is 2. The highest BCUT2D eigenvalue weighted by molar-refractivity contribution is 7.22. The molecule has 0 spiro atoms. The Morgan fingerprint density at radius 3 is 2.62 bits per heavy atom. The topological polar surface area (TPSA) is 109 Å². The minimum absolute atomic E-state index is 0.0955. The fourth-order valence-corrected chi connectivity index (χ4v) is 4.50. The number of nitrogens with one attached hydrogen (secondary N) is 2. The molecule has 1 aromatic carbocycles. The molecular weight excluding hydrogens is 435 g/mol. The Kier molecular flexibility index (Phi) is 6.45. The van der Waals surface area contributed by atoms with Crippen LogP contribution in [0.2, 0.25) is 0 Å². The molecule has 1 aliphatic heterocycles. The lowest BCUT2D eigenvalue weighted by Crippen LogP contribution is -2.37. The molecule has 0 bridgehead atoms. The van der Waals surface area contributed by atoms with E-state index in [9.17, 15) is 14.0 Å². The van der Waals surface area contributed by atoms with Gasteiger partial charge in [0.1, 0.15) is 5.82 Å². The highest BCUT2D eigenvalue weighted by Crippen LogP contribution is 2.32. The minimum Gasteiger partial charge on any atom is -0.469 e. The summed E-state index contributed by atoms with van der Waals surface area (Å²) in [6, 6.07) is 2.67. The summed E-state index contributed by atoms with van der Waals surface area (Å²) in [5.74, 6) is -0.151. The molecule has 0 saturated carbocycles. The maximum Gasteiger partial charge on any atom is 0.321 e. The molecule has 0 aliphatic carbocycles. The van der Waals surface area contributed by atoms with E-state index >= 15 is 0 Å². The summed E-state index contributed by atoms with van der Waals surface area (Å²) in [5.41, 5.74) is 1.44. The van der Waals surface area contributed by atoms with Crippen LogP contribution in [0.5, 0.6) is 0 Å². The summed E-state index contributed by atoms with van der Waals surface area (Å²) in [4.78, 5) is 38.6. The molecule has 11 heteroatoms. The normalized spacial score (nSPS) is 14.4. The van der Waals surface area contributed by atoms with Gasteiger partial charge in [-0.3, -0.25) is 10.1 Å². The quantitative estimate of drug-likeness (QED) is 0.564. The van der Waals surface area contributed by atoms with Gasteiger partial charge in [-0.05, 0) is 31.9 Å². The summed E-state index contributed by atoms with van der Waals surface area (Å²) >= 11 is 1.20. The number of anilines is 2. The number of nitrogens with zero attached hydrogens (tertiary/aromatic N) is 4. The highest BCUT2D eigenvalue weighted by Gasteiger charge is 2.26. The fourth-order valence-electron chi connectivity index (χ4n) is 3.63. The summed E-state index contributed by atoms with van der Waals surface area (Å²) in [6.07, 6.45) is 4.53. The zero-order valence-corrected chi connectivity index (χ0v) is 18.5. The summed E-state index contributed by atoms with van der Waals surface area (Å²) in [7, 11) is 1.40. The third-order valence-electron chi connectivity index (χ3n) is 5.30. The molecule has 3 heterocycles. The Morgan fingerprint density at radius 2 is 1.97 bits per heavy atom. The number of benzene rings is 1. The zero-order chi connectivity index (χ0) is 22.7. The van der Waals surface area contributed by atoms with Crippen molar-refractivity contribution in [1.29, 1.82) is 0 Å². The number of ether oxygens (including phenoxy) is 1. The van der Waals surface area contributed by atoms with Gasteiger partial charge < -0.3 is 15.0 Å². The number of carbonyl (C=O) groups is 2. The van der Waals surface area contributed by atoms with Crippen LogP contribution in [-0.2, 0) is 9.53 Å². The third-order valence-corrected chi connectivity index (χ3v) is 6.23. The lowest BCUT2D eigenvalue weighted by atomic mass is 9.97. The number of hydrogen-bond donors (Lipinski definition) is 2. The molecule has 4 rings (SSSR count). The predicted octanol–water partition coefficient (Wildman–Crippen LogP) is 3.42. The van der Waals surface area contributed by atoms with Crippen molar-refractivity contribution in [3.63, 3.8) is 0 Å². The van der Waals surface area contributed by atoms with Crippen LogP contribution in [0.4, 0.5) is 20.3 Å². The first-order valence-corrected chi connectivity index (χ1v) is 11.1. The number of esters is 1. The van der Waals surface area contributed by atoms with Crippen LogP contribution in [0.3, 0.4) is 0 Å². The van der Waals surface area contributed by atoms with Gasteiger partial charge in [0.05, 0.1) is 23.2 Å². The number of hydrogen-bond acceptors (Lipinski definition) is 8. The Bertz CT molecular complexity index is 1130. The molecular formula is C21H23FN6O3S. The SMILES string of the molecule is CCNC(=O)Nc1nc2cc(-c3cnc(N4CCC(C(=O)OC)CC4)nc3)c(F)cc2s1. The highest BCUT2D eigenvalue weighted by atomic mass is 32.1. The molecule has 9 nitrogen and oxygen atoms in total. The van der Waals surface area contributed by atoms with Gasteiger partial charge in [-0.15, -0.1) is 0 Å². The van der Waals surface area contributed by atoms with E-state index in [4.69, 9.17) is 4.74 Å². The predicted molar refractivity (Wildman–Crippen MR) is 120 cm³/mol. The number of rotatable bonds is 5. The van der Waals surface area contributed by atoms with E-state index in [0.29, 0.717) is 64.9 Å². The van der Waals surface area contributed by atoms with Crippen molar-refractivity contribution in [3.05, 3.63) is 30.3 Å². The third kappa shape index (κ3) is 4.62. The second-order valence-corrected chi connectivity index (χ2v) is 8.39. The van der Waals surface area contributed by atoms with Crippen LogP contribution in [0.15, 0.2) is 24.5 Å². The molecule has 32 heavy (non-hydrogen) atoms. The molecule has 0 atom stereocenters. The Hall–Kier alpha value is -3.34. The lowest BCUT2D eigenvalue weighted by molar-refractivity contribution is -0.146. The molecule has 2 aromatic heterocycles. The molecule has 3 aromatic rings. The first-order chi connectivity index (χ1) is 15.5. The maximum atomic E-state index is 14.8. The Labute approximate surface area is 188 Å². The fraction of sp³-hybridized carbons (Fsp3) is 0.381. The summed E-state index contributed by atoms with van der Waals surface area (Å²) < 4.78 is 20.2.